The molecule has 2 aromatic carbocycles. The molecule has 1 aliphatic heterocycles. The Morgan fingerprint density at radius 2 is 1.71 bits per heavy atom. The van der Waals surface area contributed by atoms with E-state index in [0.29, 0.717) is 12.8 Å². The smallest absolute Gasteiger partial charge is 0.245 e. The molecule has 5 nitrogen and oxygen atoms in total. The number of carbonyl (C=O) groups excluding carboxylic acids is 1. The first-order valence-corrected chi connectivity index (χ1v) is 11.2. The van der Waals surface area contributed by atoms with Gasteiger partial charge in [-0.15, -0.1) is 0 Å². The highest BCUT2D eigenvalue weighted by Gasteiger charge is 2.49. The first-order chi connectivity index (χ1) is 13.5. The Morgan fingerprint density at radius 1 is 1.00 bits per heavy atom. The molecule has 3 atom stereocenters. The van der Waals surface area contributed by atoms with Crippen molar-refractivity contribution in [3.63, 3.8) is 0 Å². The minimum Gasteiger partial charge on any atom is -0.359 e. The SMILES string of the molecule is Cc1ccc(S(=O)(=O)N2[C@@H]([C@@H]3CCCCC3=O)OC[C@H]2c2ccccc2)cc1. The molecule has 0 unspecified atom stereocenters. The monoisotopic (exact) mass is 399 g/mol. The van der Waals surface area contributed by atoms with Gasteiger partial charge in [-0.3, -0.25) is 4.79 Å². The first kappa shape index (κ1) is 19.3. The molecule has 0 amide bonds. The Labute approximate surface area is 166 Å². The van der Waals surface area contributed by atoms with Crippen molar-refractivity contribution in [2.24, 2.45) is 5.92 Å². The van der Waals surface area contributed by atoms with E-state index in [9.17, 15) is 13.2 Å². The van der Waals surface area contributed by atoms with Gasteiger partial charge in [0.15, 0.2) is 0 Å². The van der Waals surface area contributed by atoms with Crippen molar-refractivity contribution in [1.29, 1.82) is 0 Å². The lowest BCUT2D eigenvalue weighted by Crippen LogP contribution is -2.45. The van der Waals surface area contributed by atoms with Gasteiger partial charge in [0, 0.05) is 6.42 Å². The van der Waals surface area contributed by atoms with Crippen LogP contribution in [0.4, 0.5) is 0 Å². The maximum absolute atomic E-state index is 13.6. The Hall–Kier alpha value is -2.02. The Balaban J connectivity index is 1.77. The zero-order valence-electron chi connectivity index (χ0n) is 16.0. The van der Waals surface area contributed by atoms with E-state index in [-0.39, 0.29) is 17.3 Å². The predicted octanol–water partition coefficient (Wildman–Crippen LogP) is 3.84. The molecule has 28 heavy (non-hydrogen) atoms. The van der Waals surface area contributed by atoms with E-state index >= 15 is 0 Å². The van der Waals surface area contributed by atoms with E-state index in [2.05, 4.69) is 0 Å². The minimum absolute atomic E-state index is 0.106. The highest BCUT2D eigenvalue weighted by Crippen LogP contribution is 2.41. The second-order valence-corrected chi connectivity index (χ2v) is 9.46. The van der Waals surface area contributed by atoms with Gasteiger partial charge in [0.1, 0.15) is 12.0 Å². The number of carbonyl (C=O) groups is 1. The number of ketones is 1. The fraction of sp³-hybridized carbons (Fsp3) is 0.409. The third kappa shape index (κ3) is 3.52. The summed E-state index contributed by atoms with van der Waals surface area (Å²) in [7, 11) is -3.82. The molecule has 0 radical (unpaired) electrons. The molecule has 0 aromatic heterocycles. The van der Waals surface area contributed by atoms with Gasteiger partial charge >= 0.3 is 0 Å². The maximum atomic E-state index is 13.6. The van der Waals surface area contributed by atoms with E-state index in [1.165, 1.54) is 4.31 Å². The molecular formula is C22H25NO4S. The molecule has 1 aliphatic carbocycles. The third-order valence-electron chi connectivity index (χ3n) is 5.71. The normalized spacial score (nSPS) is 26.5. The lowest BCUT2D eigenvalue weighted by Gasteiger charge is -2.33. The number of hydrogen-bond acceptors (Lipinski definition) is 4. The number of sulfonamides is 1. The Bertz CT molecular complexity index is 940. The third-order valence-corrected chi connectivity index (χ3v) is 7.59. The Morgan fingerprint density at radius 3 is 2.39 bits per heavy atom. The lowest BCUT2D eigenvalue weighted by molar-refractivity contribution is -0.131. The number of ether oxygens (including phenoxy) is 1. The van der Waals surface area contributed by atoms with Gasteiger partial charge in [-0.05, 0) is 37.5 Å². The molecule has 1 heterocycles. The molecule has 1 saturated heterocycles. The van der Waals surface area contributed by atoms with Crippen LogP contribution in [0.2, 0.25) is 0 Å². The van der Waals surface area contributed by atoms with E-state index in [1.807, 2.05) is 37.3 Å². The van der Waals surface area contributed by atoms with E-state index in [0.717, 1.165) is 24.0 Å². The summed E-state index contributed by atoms with van der Waals surface area (Å²) in [6.07, 6.45) is 2.22. The maximum Gasteiger partial charge on any atom is 0.245 e. The first-order valence-electron chi connectivity index (χ1n) is 9.78. The summed E-state index contributed by atoms with van der Waals surface area (Å²) in [5, 5.41) is 0. The summed E-state index contributed by atoms with van der Waals surface area (Å²) < 4.78 is 34.7. The number of nitrogens with zero attached hydrogens (tertiary/aromatic N) is 1. The Kier molecular flexibility index (Phi) is 5.36. The number of rotatable bonds is 4. The van der Waals surface area contributed by atoms with Gasteiger partial charge in [0.05, 0.1) is 23.5 Å². The van der Waals surface area contributed by atoms with Gasteiger partial charge in [-0.1, -0.05) is 54.4 Å². The predicted molar refractivity (Wildman–Crippen MR) is 106 cm³/mol. The van der Waals surface area contributed by atoms with E-state index in [1.54, 1.807) is 24.3 Å². The zero-order valence-corrected chi connectivity index (χ0v) is 16.8. The second kappa shape index (κ2) is 7.78. The number of Topliss-reactive ketones (excluding diaryl/α,β-unsaturated/α-hetero) is 1. The molecule has 0 bridgehead atoms. The standard InChI is InChI=1S/C22H25NO4S/c1-16-11-13-18(14-12-16)28(25,26)23-20(17-7-3-2-4-8-17)15-27-22(23)19-9-5-6-10-21(19)24/h2-4,7-8,11-14,19-20,22H,5-6,9-10,15H2,1H3/t19-,20+,22-/m1/s1. The van der Waals surface area contributed by atoms with Crippen molar-refractivity contribution in [3.8, 4) is 0 Å². The van der Waals surface area contributed by atoms with Crippen molar-refractivity contribution in [1.82, 2.24) is 4.31 Å². The molecule has 2 aromatic rings. The summed E-state index contributed by atoms with van der Waals surface area (Å²) in [5.74, 6) is -0.295. The molecule has 148 valence electrons. The molecule has 4 rings (SSSR count). The second-order valence-electron chi connectivity index (χ2n) is 7.62. The van der Waals surface area contributed by atoms with Gasteiger partial charge in [0.25, 0.3) is 0 Å². The van der Waals surface area contributed by atoms with Crippen molar-refractivity contribution >= 4 is 15.8 Å². The van der Waals surface area contributed by atoms with Crippen molar-refractivity contribution in [2.45, 2.75) is 49.8 Å². The van der Waals surface area contributed by atoms with Crippen LogP contribution in [-0.2, 0) is 19.6 Å². The van der Waals surface area contributed by atoms with Crippen LogP contribution in [-0.4, -0.2) is 31.3 Å². The molecule has 2 fully saturated rings. The highest BCUT2D eigenvalue weighted by atomic mass is 32.2. The molecule has 0 N–H and O–H groups in total. The molecular weight excluding hydrogens is 374 g/mol. The quantitative estimate of drug-likeness (QED) is 0.784. The van der Waals surface area contributed by atoms with Crippen molar-refractivity contribution in [3.05, 3.63) is 65.7 Å². The van der Waals surface area contributed by atoms with Crippen LogP contribution in [0.5, 0.6) is 0 Å². The average molecular weight is 400 g/mol. The van der Waals surface area contributed by atoms with Crippen molar-refractivity contribution in [2.75, 3.05) is 6.61 Å². The fourth-order valence-corrected chi connectivity index (χ4v) is 5.90. The van der Waals surface area contributed by atoms with Crippen LogP contribution in [0.25, 0.3) is 0 Å². The summed E-state index contributed by atoms with van der Waals surface area (Å²) in [6.45, 7) is 2.18. The van der Waals surface area contributed by atoms with E-state index in [4.69, 9.17) is 4.74 Å². The van der Waals surface area contributed by atoms with Gasteiger partial charge in [0.2, 0.25) is 10.0 Å². The van der Waals surface area contributed by atoms with E-state index < -0.39 is 28.2 Å². The summed E-state index contributed by atoms with van der Waals surface area (Å²) in [6, 6.07) is 15.9. The number of benzene rings is 2. The largest absolute Gasteiger partial charge is 0.359 e. The fourth-order valence-electron chi connectivity index (χ4n) is 4.17. The van der Waals surface area contributed by atoms with Crippen LogP contribution in [0, 0.1) is 12.8 Å². The topological polar surface area (TPSA) is 63.7 Å². The summed E-state index contributed by atoms with van der Waals surface area (Å²) >= 11 is 0. The lowest BCUT2D eigenvalue weighted by atomic mass is 9.86. The summed E-state index contributed by atoms with van der Waals surface area (Å²) in [4.78, 5) is 12.8. The summed E-state index contributed by atoms with van der Waals surface area (Å²) in [5.41, 5.74) is 1.87. The van der Waals surface area contributed by atoms with Crippen LogP contribution in [0.3, 0.4) is 0 Å². The van der Waals surface area contributed by atoms with Crippen LogP contribution >= 0.6 is 0 Å². The van der Waals surface area contributed by atoms with Crippen LogP contribution in [0.1, 0.15) is 42.9 Å². The van der Waals surface area contributed by atoms with Gasteiger partial charge < -0.3 is 4.74 Å². The zero-order chi connectivity index (χ0) is 19.7. The molecule has 1 saturated carbocycles. The molecule has 2 aliphatic rings. The van der Waals surface area contributed by atoms with Gasteiger partial charge in [-0.25, -0.2) is 8.42 Å². The highest BCUT2D eigenvalue weighted by molar-refractivity contribution is 7.89. The average Bonchev–Trinajstić information content (AvgIpc) is 3.15. The number of aryl methyl sites for hydroxylation is 1. The number of hydrogen-bond donors (Lipinski definition) is 0. The minimum atomic E-state index is -3.82. The molecule has 0 spiro atoms. The van der Waals surface area contributed by atoms with Gasteiger partial charge in [-0.2, -0.15) is 4.31 Å². The van der Waals surface area contributed by atoms with Crippen LogP contribution < -0.4 is 0 Å². The van der Waals surface area contributed by atoms with Crippen LogP contribution in [0.15, 0.2) is 59.5 Å². The van der Waals surface area contributed by atoms with Crippen molar-refractivity contribution < 1.29 is 17.9 Å². The molecule has 6 heteroatoms.